The fourth-order valence-electron chi connectivity index (χ4n) is 3.73. The van der Waals surface area contributed by atoms with E-state index in [9.17, 15) is 15.3 Å². The highest BCUT2D eigenvalue weighted by Crippen LogP contribution is 2.26. The van der Waals surface area contributed by atoms with Crippen LogP contribution in [0.25, 0.3) is 17.0 Å². The lowest BCUT2D eigenvalue weighted by atomic mass is 10.1. The van der Waals surface area contributed by atoms with Crippen LogP contribution in [0.15, 0.2) is 78.5 Å². The number of halogens is 1. The molecule has 0 aliphatic heterocycles. The van der Waals surface area contributed by atoms with Crippen LogP contribution in [0.4, 0.5) is 5.69 Å². The predicted molar refractivity (Wildman–Crippen MR) is 131 cm³/mol. The number of carbonyl (C=O) groups excluding carboxylic acids is 1. The van der Waals surface area contributed by atoms with Crippen LogP contribution in [0.5, 0.6) is 0 Å². The molecule has 0 spiro atoms. The molecule has 4 rings (SSSR count). The Kier molecular flexibility index (Phi) is 6.26. The Hall–Kier alpha value is -4.32. The quantitative estimate of drug-likeness (QED) is 0.296. The van der Waals surface area contributed by atoms with E-state index in [2.05, 4.69) is 11.4 Å². The first-order chi connectivity index (χ1) is 16.0. The smallest absolute Gasteiger partial charge is 0.266 e. The van der Waals surface area contributed by atoms with Crippen molar-refractivity contribution in [1.82, 2.24) is 4.57 Å². The molecule has 0 atom stereocenters. The van der Waals surface area contributed by atoms with Crippen molar-refractivity contribution in [2.75, 3.05) is 5.32 Å². The number of benzene rings is 3. The Morgan fingerprint density at radius 2 is 1.85 bits per heavy atom. The lowest BCUT2D eigenvalue weighted by Gasteiger charge is -2.08. The number of aromatic nitrogens is 1. The van der Waals surface area contributed by atoms with Gasteiger partial charge in [0.1, 0.15) is 11.6 Å². The van der Waals surface area contributed by atoms with Crippen molar-refractivity contribution >= 4 is 40.2 Å². The van der Waals surface area contributed by atoms with Gasteiger partial charge in [0.05, 0.1) is 11.6 Å². The van der Waals surface area contributed by atoms with Crippen molar-refractivity contribution in [2.24, 2.45) is 0 Å². The first-order valence-corrected chi connectivity index (χ1v) is 10.6. The van der Waals surface area contributed by atoms with Crippen LogP contribution >= 0.6 is 11.6 Å². The highest BCUT2D eigenvalue weighted by molar-refractivity contribution is 6.30. The van der Waals surface area contributed by atoms with Gasteiger partial charge in [-0.3, -0.25) is 4.79 Å². The van der Waals surface area contributed by atoms with Gasteiger partial charge in [-0.05, 0) is 54.5 Å². The van der Waals surface area contributed by atoms with E-state index in [0.29, 0.717) is 22.8 Å². The molecular weight excluding hydrogens is 432 g/mol. The van der Waals surface area contributed by atoms with Crippen LogP contribution in [0.1, 0.15) is 22.3 Å². The Morgan fingerprint density at radius 1 is 1.09 bits per heavy atom. The molecule has 3 aromatic carbocycles. The van der Waals surface area contributed by atoms with Gasteiger partial charge in [-0.15, -0.1) is 0 Å². The van der Waals surface area contributed by atoms with Gasteiger partial charge in [-0.25, -0.2) is 0 Å². The summed E-state index contributed by atoms with van der Waals surface area (Å²) in [6.45, 7) is 2.33. The van der Waals surface area contributed by atoms with Crippen molar-refractivity contribution in [3.05, 3.63) is 106 Å². The van der Waals surface area contributed by atoms with Crippen molar-refractivity contribution in [2.45, 2.75) is 13.5 Å². The van der Waals surface area contributed by atoms with E-state index >= 15 is 0 Å². The number of amides is 1. The summed E-state index contributed by atoms with van der Waals surface area (Å²) in [6.07, 6.45) is 3.49. The van der Waals surface area contributed by atoms with Gasteiger partial charge >= 0.3 is 0 Å². The summed E-state index contributed by atoms with van der Waals surface area (Å²) in [5.41, 5.74) is 4.60. The third kappa shape index (κ3) is 4.65. The maximum Gasteiger partial charge on any atom is 0.266 e. The molecule has 0 unspecified atom stereocenters. The number of aryl methyl sites for hydroxylation is 1. The highest BCUT2D eigenvalue weighted by Gasteiger charge is 2.14. The zero-order valence-electron chi connectivity index (χ0n) is 17.8. The van der Waals surface area contributed by atoms with Gasteiger partial charge in [-0.1, -0.05) is 48.0 Å². The molecule has 6 heteroatoms. The first kappa shape index (κ1) is 21.9. The number of anilines is 1. The summed E-state index contributed by atoms with van der Waals surface area (Å²) < 4.78 is 2.02. The van der Waals surface area contributed by atoms with Crippen molar-refractivity contribution in [1.29, 1.82) is 10.5 Å². The van der Waals surface area contributed by atoms with E-state index in [-0.39, 0.29) is 5.57 Å². The van der Waals surface area contributed by atoms with Crippen LogP contribution in [-0.2, 0) is 11.3 Å². The Balaban J connectivity index is 1.70. The van der Waals surface area contributed by atoms with E-state index in [1.807, 2.05) is 66.2 Å². The molecule has 0 fully saturated rings. The molecule has 0 saturated heterocycles. The monoisotopic (exact) mass is 450 g/mol. The zero-order chi connectivity index (χ0) is 23.4. The summed E-state index contributed by atoms with van der Waals surface area (Å²) in [5.74, 6) is -0.491. The van der Waals surface area contributed by atoms with E-state index in [1.54, 1.807) is 30.3 Å². The number of fused-ring (bicyclic) bond motifs is 1. The fourth-order valence-corrected chi connectivity index (χ4v) is 3.96. The topological polar surface area (TPSA) is 81.6 Å². The molecule has 1 N–H and O–H groups in total. The van der Waals surface area contributed by atoms with Crippen molar-refractivity contribution in [3.63, 3.8) is 0 Å². The minimum atomic E-state index is -0.491. The van der Waals surface area contributed by atoms with Crippen molar-refractivity contribution in [3.8, 4) is 12.1 Å². The number of nitrogens with zero attached hydrogens (tertiary/aromatic N) is 3. The van der Waals surface area contributed by atoms with Gasteiger partial charge in [0.15, 0.2) is 0 Å². The number of nitriles is 2. The van der Waals surface area contributed by atoms with Crippen LogP contribution in [-0.4, -0.2) is 10.5 Å². The minimum absolute atomic E-state index is 0.00956. The van der Waals surface area contributed by atoms with E-state index in [4.69, 9.17) is 11.6 Å². The molecule has 33 heavy (non-hydrogen) atoms. The van der Waals surface area contributed by atoms with Gasteiger partial charge in [0.2, 0.25) is 0 Å². The number of hydrogen-bond donors (Lipinski definition) is 1. The largest absolute Gasteiger partial charge is 0.342 e. The number of carbonyl (C=O) groups is 1. The molecule has 1 heterocycles. The summed E-state index contributed by atoms with van der Waals surface area (Å²) in [6, 6.07) is 24.6. The second kappa shape index (κ2) is 9.44. The molecule has 0 bridgehead atoms. The Morgan fingerprint density at radius 3 is 2.61 bits per heavy atom. The Labute approximate surface area is 196 Å². The maximum absolute atomic E-state index is 12.8. The standard InChI is InChI=1S/C27H19ClN4O/c1-18-12-23(28)10-11-25(18)31-27(33)21(15-30)13-22-17-32(26-9-5-4-8-24(22)26)16-20-7-3-2-6-19(20)14-29/h2-13,17H,16H2,1H3,(H,31,33)/b21-13+. The summed E-state index contributed by atoms with van der Waals surface area (Å²) >= 11 is 5.99. The van der Waals surface area contributed by atoms with E-state index in [0.717, 1.165) is 27.6 Å². The van der Waals surface area contributed by atoms with Crippen LogP contribution in [0.3, 0.4) is 0 Å². The Bertz CT molecular complexity index is 1480. The summed E-state index contributed by atoms with van der Waals surface area (Å²) in [4.78, 5) is 12.8. The maximum atomic E-state index is 12.8. The second-order valence-corrected chi connectivity index (χ2v) is 8.02. The number of hydrogen-bond acceptors (Lipinski definition) is 3. The van der Waals surface area contributed by atoms with Gasteiger partial charge in [0.25, 0.3) is 5.91 Å². The molecule has 0 aliphatic rings. The van der Waals surface area contributed by atoms with Crippen LogP contribution < -0.4 is 5.32 Å². The number of nitrogens with one attached hydrogen (secondary N) is 1. The van der Waals surface area contributed by atoms with E-state index in [1.165, 1.54) is 0 Å². The average molecular weight is 451 g/mol. The fraction of sp³-hybridized carbons (Fsp3) is 0.0741. The predicted octanol–water partition coefficient (Wildman–Crippen LogP) is 6.07. The molecule has 4 aromatic rings. The lowest BCUT2D eigenvalue weighted by molar-refractivity contribution is -0.112. The molecule has 1 aromatic heterocycles. The van der Waals surface area contributed by atoms with E-state index < -0.39 is 5.91 Å². The first-order valence-electron chi connectivity index (χ1n) is 10.3. The third-order valence-electron chi connectivity index (χ3n) is 5.40. The molecule has 0 saturated carbocycles. The third-order valence-corrected chi connectivity index (χ3v) is 5.63. The minimum Gasteiger partial charge on any atom is -0.342 e. The zero-order valence-corrected chi connectivity index (χ0v) is 18.6. The number of rotatable bonds is 5. The molecule has 1 amide bonds. The lowest BCUT2D eigenvalue weighted by Crippen LogP contribution is -2.14. The molecule has 160 valence electrons. The number of para-hydroxylation sites is 1. The summed E-state index contributed by atoms with van der Waals surface area (Å²) in [5, 5.41) is 23.4. The van der Waals surface area contributed by atoms with Crippen LogP contribution in [0, 0.1) is 29.6 Å². The van der Waals surface area contributed by atoms with Crippen LogP contribution in [0.2, 0.25) is 5.02 Å². The average Bonchev–Trinajstić information content (AvgIpc) is 3.16. The van der Waals surface area contributed by atoms with Gasteiger partial charge in [0, 0.05) is 39.9 Å². The SMILES string of the molecule is Cc1cc(Cl)ccc1NC(=O)/C(C#N)=C/c1cn(Cc2ccccc2C#N)c2ccccc12. The second-order valence-electron chi connectivity index (χ2n) is 7.58. The highest BCUT2D eigenvalue weighted by atomic mass is 35.5. The van der Waals surface area contributed by atoms with Crippen molar-refractivity contribution < 1.29 is 4.79 Å². The molecule has 0 aliphatic carbocycles. The normalized spacial score (nSPS) is 11.1. The summed E-state index contributed by atoms with van der Waals surface area (Å²) in [7, 11) is 0. The van der Waals surface area contributed by atoms with Gasteiger partial charge in [-0.2, -0.15) is 10.5 Å². The molecule has 0 radical (unpaired) electrons. The molecule has 5 nitrogen and oxygen atoms in total. The molecular formula is C27H19ClN4O. The van der Waals surface area contributed by atoms with Gasteiger partial charge < -0.3 is 9.88 Å².